The molecular formula is C25H19F4N5. The Morgan fingerprint density at radius 2 is 1.82 bits per heavy atom. The minimum atomic E-state index is -4.47. The monoisotopic (exact) mass is 465 g/mol. The second-order valence-electron chi connectivity index (χ2n) is 7.36. The lowest BCUT2D eigenvalue weighted by atomic mass is 9.94. The number of nitrogens with one attached hydrogen (secondary N) is 1. The summed E-state index contributed by atoms with van der Waals surface area (Å²) in [6, 6.07) is 12.3. The third-order valence-electron chi connectivity index (χ3n) is 5.04. The van der Waals surface area contributed by atoms with Gasteiger partial charge in [0.05, 0.1) is 17.0 Å². The first-order valence-electron chi connectivity index (χ1n) is 10.1. The summed E-state index contributed by atoms with van der Waals surface area (Å²) in [6.45, 7) is 4.19. The van der Waals surface area contributed by atoms with Gasteiger partial charge in [0.2, 0.25) is 5.95 Å². The highest BCUT2D eigenvalue weighted by Gasteiger charge is 2.30. The van der Waals surface area contributed by atoms with Gasteiger partial charge >= 0.3 is 6.18 Å². The van der Waals surface area contributed by atoms with E-state index >= 15 is 0 Å². The molecule has 1 aromatic heterocycles. The summed E-state index contributed by atoms with van der Waals surface area (Å²) in [5.41, 5.74) is 2.39. The smallest absolute Gasteiger partial charge is 0.324 e. The predicted molar refractivity (Wildman–Crippen MR) is 125 cm³/mol. The zero-order valence-electron chi connectivity index (χ0n) is 18.0. The Balaban J connectivity index is 1.75. The highest BCUT2D eigenvalue weighted by Crippen LogP contribution is 2.35. The molecule has 4 rings (SSSR count). The summed E-state index contributed by atoms with van der Waals surface area (Å²) in [5.74, 6) is -0.271. The van der Waals surface area contributed by atoms with Gasteiger partial charge in [-0.05, 0) is 59.7 Å². The van der Waals surface area contributed by atoms with Gasteiger partial charge in [0, 0.05) is 30.7 Å². The third-order valence-corrected chi connectivity index (χ3v) is 5.04. The van der Waals surface area contributed by atoms with Crippen molar-refractivity contribution in [3.8, 4) is 0 Å². The van der Waals surface area contributed by atoms with Crippen LogP contribution in [0.2, 0.25) is 0 Å². The van der Waals surface area contributed by atoms with Gasteiger partial charge in [0.25, 0.3) is 0 Å². The topological polar surface area (TPSA) is 53.4 Å². The molecule has 0 atom stereocenters. The number of benzene rings is 2. The van der Waals surface area contributed by atoms with Crippen LogP contribution in [0.4, 0.5) is 29.2 Å². The summed E-state index contributed by atoms with van der Waals surface area (Å²) >= 11 is 0. The molecule has 0 unspecified atom stereocenters. The van der Waals surface area contributed by atoms with Crippen molar-refractivity contribution in [3.05, 3.63) is 108 Å². The molecule has 34 heavy (non-hydrogen) atoms. The molecule has 0 bridgehead atoms. The summed E-state index contributed by atoms with van der Waals surface area (Å²) in [4.78, 5) is 8.68. The van der Waals surface area contributed by atoms with Gasteiger partial charge in [-0.25, -0.2) is 14.4 Å². The molecule has 2 aromatic carbocycles. The number of nitrogens with zero attached hydrogens (tertiary/aromatic N) is 4. The highest BCUT2D eigenvalue weighted by molar-refractivity contribution is 6.05. The van der Waals surface area contributed by atoms with E-state index < -0.39 is 11.7 Å². The molecule has 1 aliphatic heterocycles. The number of likely N-dealkylation sites (N-methyl/N-ethyl adjacent to an activating group) is 1. The molecule has 0 spiro atoms. The number of hydrogen-bond donors (Lipinski definition) is 1. The Bertz CT molecular complexity index is 1310. The number of allylic oxidation sites excluding steroid dienone is 4. The van der Waals surface area contributed by atoms with E-state index in [1.54, 1.807) is 42.5 Å². The first kappa shape index (κ1) is 22.9. The molecule has 0 fully saturated rings. The third kappa shape index (κ3) is 5.03. The lowest BCUT2D eigenvalue weighted by Gasteiger charge is -2.23. The lowest BCUT2D eigenvalue weighted by Crippen LogP contribution is -2.15. The first-order valence-corrected chi connectivity index (χ1v) is 10.1. The molecule has 0 saturated heterocycles. The van der Waals surface area contributed by atoms with E-state index in [-0.39, 0.29) is 17.5 Å². The Kier molecular flexibility index (Phi) is 6.27. The maximum absolute atomic E-state index is 13.5. The molecule has 1 N–H and O–H groups in total. The average molecular weight is 465 g/mol. The van der Waals surface area contributed by atoms with Crippen LogP contribution in [0, 0.1) is 5.82 Å². The van der Waals surface area contributed by atoms with E-state index in [2.05, 4.69) is 27.0 Å². The quantitative estimate of drug-likeness (QED) is 0.450. The minimum absolute atomic E-state index is 0.104. The van der Waals surface area contributed by atoms with E-state index in [9.17, 15) is 17.6 Å². The van der Waals surface area contributed by atoms with Crippen molar-refractivity contribution in [2.24, 2.45) is 5.10 Å². The molecular weight excluding hydrogens is 446 g/mol. The van der Waals surface area contributed by atoms with Crippen LogP contribution in [0.15, 0.2) is 90.3 Å². The average Bonchev–Trinajstić information content (AvgIpc) is 2.81. The van der Waals surface area contributed by atoms with Gasteiger partial charge in [0.1, 0.15) is 5.82 Å². The van der Waals surface area contributed by atoms with Crippen molar-refractivity contribution < 1.29 is 17.6 Å². The van der Waals surface area contributed by atoms with Gasteiger partial charge in [-0.3, -0.25) is 5.01 Å². The van der Waals surface area contributed by atoms with Crippen LogP contribution in [0.1, 0.15) is 16.8 Å². The van der Waals surface area contributed by atoms with Crippen molar-refractivity contribution in [1.29, 1.82) is 0 Å². The number of rotatable bonds is 5. The van der Waals surface area contributed by atoms with E-state index in [0.717, 1.165) is 12.1 Å². The number of anilines is 2. The zero-order chi connectivity index (χ0) is 24.3. The van der Waals surface area contributed by atoms with Gasteiger partial charge in [0.15, 0.2) is 0 Å². The Labute approximate surface area is 193 Å². The van der Waals surface area contributed by atoms with Crippen LogP contribution >= 0.6 is 0 Å². The fraction of sp³-hybridized carbons (Fsp3) is 0.0800. The van der Waals surface area contributed by atoms with Crippen LogP contribution in [-0.2, 0) is 6.18 Å². The molecule has 1 aliphatic rings. The molecule has 5 nitrogen and oxygen atoms in total. The molecule has 0 aliphatic carbocycles. The van der Waals surface area contributed by atoms with E-state index in [1.165, 1.54) is 30.5 Å². The number of hydrogen-bond acceptors (Lipinski definition) is 5. The Morgan fingerprint density at radius 1 is 1.06 bits per heavy atom. The van der Waals surface area contributed by atoms with Crippen LogP contribution in [0.3, 0.4) is 0 Å². The normalized spacial score (nSPS) is 14.8. The largest absolute Gasteiger partial charge is 0.416 e. The molecule has 9 heteroatoms. The zero-order valence-corrected chi connectivity index (χ0v) is 18.0. The van der Waals surface area contributed by atoms with Crippen LogP contribution in [0.25, 0.3) is 11.1 Å². The maximum atomic E-state index is 13.5. The molecule has 0 radical (unpaired) electrons. The van der Waals surface area contributed by atoms with E-state index in [4.69, 9.17) is 0 Å². The number of alkyl halides is 3. The molecule has 3 aromatic rings. The molecule has 2 heterocycles. The SMILES string of the molecule is C=C(/C(=C1/C=CC=NN1C)c1ccnc(Nc2cccc(C(F)(F)F)c2)n1)c1ccc(F)cc1. The number of halogens is 4. The fourth-order valence-electron chi connectivity index (χ4n) is 3.38. The van der Waals surface area contributed by atoms with Crippen molar-refractivity contribution in [2.45, 2.75) is 6.18 Å². The fourth-order valence-corrected chi connectivity index (χ4v) is 3.38. The van der Waals surface area contributed by atoms with Crippen LogP contribution in [-0.4, -0.2) is 28.2 Å². The second-order valence-corrected chi connectivity index (χ2v) is 7.36. The van der Waals surface area contributed by atoms with Crippen LogP contribution < -0.4 is 5.32 Å². The van der Waals surface area contributed by atoms with Gasteiger partial charge in [-0.1, -0.05) is 24.8 Å². The first-order chi connectivity index (χ1) is 16.2. The van der Waals surface area contributed by atoms with Gasteiger partial charge in [-0.2, -0.15) is 18.3 Å². The summed E-state index contributed by atoms with van der Waals surface area (Å²) in [6.07, 6.45) is 2.24. The number of hydrazone groups is 1. The minimum Gasteiger partial charge on any atom is -0.324 e. The maximum Gasteiger partial charge on any atom is 0.416 e. The van der Waals surface area contributed by atoms with Crippen LogP contribution in [0.5, 0.6) is 0 Å². The Hall–Kier alpha value is -4.27. The predicted octanol–water partition coefficient (Wildman–Crippen LogP) is 6.29. The van der Waals surface area contributed by atoms with Gasteiger partial charge in [-0.15, -0.1) is 0 Å². The highest BCUT2D eigenvalue weighted by atomic mass is 19.4. The lowest BCUT2D eigenvalue weighted by molar-refractivity contribution is -0.137. The van der Waals surface area contributed by atoms with Crippen molar-refractivity contribution in [1.82, 2.24) is 15.0 Å². The summed E-state index contributed by atoms with van der Waals surface area (Å²) in [7, 11) is 1.76. The van der Waals surface area contributed by atoms with E-state index in [0.29, 0.717) is 28.1 Å². The summed E-state index contributed by atoms with van der Waals surface area (Å²) in [5, 5.41) is 8.74. The number of aromatic nitrogens is 2. The van der Waals surface area contributed by atoms with Crippen molar-refractivity contribution in [2.75, 3.05) is 12.4 Å². The summed E-state index contributed by atoms with van der Waals surface area (Å²) < 4.78 is 52.7. The van der Waals surface area contributed by atoms with E-state index in [1.807, 2.05) is 6.08 Å². The Morgan fingerprint density at radius 3 is 2.53 bits per heavy atom. The van der Waals surface area contributed by atoms with Gasteiger partial charge < -0.3 is 5.32 Å². The van der Waals surface area contributed by atoms with Crippen molar-refractivity contribution >= 4 is 29.0 Å². The molecule has 0 saturated carbocycles. The molecule has 172 valence electrons. The second kappa shape index (κ2) is 9.30. The standard InChI is InChI=1S/C25H19F4N5/c1-16(17-8-10-19(26)11-9-17)23(22-7-4-13-31-34(22)2)21-12-14-30-24(33-21)32-20-6-3-5-18(15-20)25(27,28)29/h3-15H,1H2,2H3,(H,30,32,33)/b23-22+. The van der Waals surface area contributed by atoms with Crippen molar-refractivity contribution in [3.63, 3.8) is 0 Å². The molecule has 0 amide bonds.